The van der Waals surface area contributed by atoms with E-state index in [1.54, 1.807) is 19.1 Å². The van der Waals surface area contributed by atoms with E-state index in [2.05, 4.69) is 35.4 Å². The van der Waals surface area contributed by atoms with Crippen LogP contribution < -0.4 is 5.32 Å². The van der Waals surface area contributed by atoms with Crippen molar-refractivity contribution in [2.45, 2.75) is 20.4 Å². The van der Waals surface area contributed by atoms with Crippen LogP contribution in [0.2, 0.25) is 0 Å². The number of benzene rings is 1. The Morgan fingerprint density at radius 3 is 2.82 bits per heavy atom. The van der Waals surface area contributed by atoms with E-state index in [4.69, 9.17) is 9.78 Å². The number of nitriles is 1. The van der Waals surface area contributed by atoms with E-state index in [1.165, 1.54) is 6.20 Å². The number of hydrogen-bond acceptors (Lipinski definition) is 7. The molecule has 0 saturated heterocycles. The summed E-state index contributed by atoms with van der Waals surface area (Å²) >= 11 is 0. The first kappa shape index (κ1) is 20.1. The predicted molar refractivity (Wildman–Crippen MR) is 119 cm³/mol. The van der Waals surface area contributed by atoms with E-state index in [-0.39, 0.29) is 18.3 Å². The molecule has 3 N–H and O–H groups in total. The van der Waals surface area contributed by atoms with Crippen LogP contribution in [0.3, 0.4) is 0 Å². The van der Waals surface area contributed by atoms with Gasteiger partial charge in [-0.1, -0.05) is 11.2 Å². The molecule has 0 saturated carbocycles. The summed E-state index contributed by atoms with van der Waals surface area (Å²) in [6, 6.07) is 13.2. The number of nitrogens with zero attached hydrogens (tertiary/aromatic N) is 5. The summed E-state index contributed by atoms with van der Waals surface area (Å²) in [4.78, 5) is 31.7. The molecule has 0 aliphatic carbocycles. The van der Waals surface area contributed by atoms with Gasteiger partial charge in [-0.3, -0.25) is 4.79 Å². The number of rotatable bonds is 5. The molecule has 10 heteroatoms. The maximum absolute atomic E-state index is 12.6. The lowest BCUT2D eigenvalue weighted by Gasteiger charge is -2.03. The monoisotopic (exact) mass is 438 g/mol. The van der Waals surface area contributed by atoms with Gasteiger partial charge in [0, 0.05) is 34.9 Å². The molecule has 4 heterocycles. The molecule has 0 aliphatic heterocycles. The van der Waals surface area contributed by atoms with Crippen molar-refractivity contribution in [2.75, 3.05) is 0 Å². The average molecular weight is 438 g/mol. The molecule has 0 spiro atoms. The third kappa shape index (κ3) is 3.95. The number of H-pyrrole nitrogens is 2. The molecule has 33 heavy (non-hydrogen) atoms. The molecule has 0 bridgehead atoms. The van der Waals surface area contributed by atoms with Crippen molar-refractivity contribution in [1.82, 2.24) is 35.4 Å². The van der Waals surface area contributed by atoms with Gasteiger partial charge in [0.05, 0.1) is 5.69 Å². The zero-order chi connectivity index (χ0) is 22.9. The quantitative estimate of drug-likeness (QED) is 0.380. The van der Waals surface area contributed by atoms with E-state index < -0.39 is 0 Å². The van der Waals surface area contributed by atoms with Gasteiger partial charge in [0.1, 0.15) is 17.5 Å². The highest BCUT2D eigenvalue weighted by Gasteiger charge is 2.16. The molecule has 0 fully saturated rings. The van der Waals surface area contributed by atoms with Crippen LogP contribution in [-0.4, -0.2) is 36.0 Å². The SMILES string of the molecule is Cc1noc(-c2cc3cc(-c4nc(C(=O)NCc5ccnc(C#N)c5)[nH]c4C)ccc3[nH]2)n1. The van der Waals surface area contributed by atoms with Crippen LogP contribution in [0.25, 0.3) is 33.7 Å². The molecule has 0 unspecified atom stereocenters. The van der Waals surface area contributed by atoms with Gasteiger partial charge in [-0.2, -0.15) is 10.2 Å². The van der Waals surface area contributed by atoms with Crippen molar-refractivity contribution < 1.29 is 9.32 Å². The maximum Gasteiger partial charge on any atom is 0.287 e. The second-order valence-electron chi connectivity index (χ2n) is 7.53. The largest absolute Gasteiger partial charge is 0.351 e. The normalized spacial score (nSPS) is 10.9. The van der Waals surface area contributed by atoms with Crippen LogP contribution in [0.1, 0.15) is 33.4 Å². The van der Waals surface area contributed by atoms with Gasteiger partial charge in [0.2, 0.25) is 0 Å². The van der Waals surface area contributed by atoms with Crippen LogP contribution in [0.15, 0.2) is 47.1 Å². The number of aryl methyl sites for hydroxylation is 2. The lowest BCUT2D eigenvalue weighted by atomic mass is 10.1. The smallest absolute Gasteiger partial charge is 0.287 e. The van der Waals surface area contributed by atoms with Gasteiger partial charge in [-0.25, -0.2) is 9.97 Å². The standard InChI is InChI=1S/C23H18N8O2/c1-12-20(30-21(27-12)22(32)26-11-14-5-6-25-17(7-14)10-24)15-3-4-18-16(8-15)9-19(29-18)23-28-13(2)31-33-23/h3-9,29H,11H2,1-2H3,(H,26,32)(H,27,30). The number of carbonyl (C=O) groups excluding carboxylic acids is 1. The lowest BCUT2D eigenvalue weighted by Crippen LogP contribution is -2.24. The fraction of sp³-hybridized carbons (Fsp3) is 0.130. The van der Waals surface area contributed by atoms with E-state index in [0.717, 1.165) is 33.4 Å². The van der Waals surface area contributed by atoms with Crippen molar-refractivity contribution in [2.24, 2.45) is 0 Å². The molecule has 10 nitrogen and oxygen atoms in total. The van der Waals surface area contributed by atoms with Gasteiger partial charge in [-0.15, -0.1) is 0 Å². The molecule has 0 radical (unpaired) electrons. The Labute approximate surface area is 187 Å². The summed E-state index contributed by atoms with van der Waals surface area (Å²) < 4.78 is 5.24. The highest BCUT2D eigenvalue weighted by atomic mass is 16.5. The highest BCUT2D eigenvalue weighted by molar-refractivity contribution is 5.92. The van der Waals surface area contributed by atoms with Gasteiger partial charge >= 0.3 is 0 Å². The molecular weight excluding hydrogens is 420 g/mol. The lowest BCUT2D eigenvalue weighted by molar-refractivity contribution is 0.0941. The molecule has 0 aliphatic rings. The predicted octanol–water partition coefficient (Wildman–Crippen LogP) is 3.42. The third-order valence-corrected chi connectivity index (χ3v) is 5.14. The number of hydrogen-bond donors (Lipinski definition) is 3. The molecule has 5 aromatic rings. The highest BCUT2D eigenvalue weighted by Crippen LogP contribution is 2.28. The zero-order valence-corrected chi connectivity index (χ0v) is 17.8. The Morgan fingerprint density at radius 2 is 2.03 bits per heavy atom. The number of amides is 1. The van der Waals surface area contributed by atoms with Crippen LogP contribution in [0.4, 0.5) is 0 Å². The summed E-state index contributed by atoms with van der Waals surface area (Å²) in [5.74, 6) is 0.873. The zero-order valence-electron chi connectivity index (χ0n) is 17.8. The number of carbonyl (C=O) groups is 1. The summed E-state index contributed by atoms with van der Waals surface area (Å²) in [6.45, 7) is 3.90. The van der Waals surface area contributed by atoms with Crippen LogP contribution >= 0.6 is 0 Å². The van der Waals surface area contributed by atoms with Crippen molar-refractivity contribution in [3.63, 3.8) is 0 Å². The van der Waals surface area contributed by atoms with Crippen molar-refractivity contribution in [3.8, 4) is 28.9 Å². The van der Waals surface area contributed by atoms with Crippen LogP contribution in [-0.2, 0) is 6.54 Å². The van der Waals surface area contributed by atoms with Crippen molar-refractivity contribution >= 4 is 16.8 Å². The second kappa shape index (κ2) is 8.05. The molecule has 162 valence electrons. The Bertz CT molecular complexity index is 1540. The summed E-state index contributed by atoms with van der Waals surface area (Å²) in [5.41, 5.74) is 5.07. The maximum atomic E-state index is 12.6. The van der Waals surface area contributed by atoms with E-state index in [1.807, 2.05) is 37.3 Å². The summed E-state index contributed by atoms with van der Waals surface area (Å²) in [7, 11) is 0. The first-order chi connectivity index (χ1) is 16.0. The Morgan fingerprint density at radius 1 is 1.15 bits per heavy atom. The Hall–Kier alpha value is -4.78. The number of aromatic nitrogens is 6. The minimum Gasteiger partial charge on any atom is -0.351 e. The number of imidazole rings is 1. The van der Waals surface area contributed by atoms with Crippen LogP contribution in [0.5, 0.6) is 0 Å². The fourth-order valence-electron chi connectivity index (χ4n) is 3.56. The van der Waals surface area contributed by atoms with E-state index in [9.17, 15) is 4.79 Å². The van der Waals surface area contributed by atoms with Crippen LogP contribution in [0, 0.1) is 25.2 Å². The first-order valence-corrected chi connectivity index (χ1v) is 10.1. The first-order valence-electron chi connectivity index (χ1n) is 10.1. The minimum atomic E-state index is -0.337. The molecular formula is C23H18N8O2. The summed E-state index contributed by atoms with van der Waals surface area (Å²) in [5, 5.41) is 16.6. The average Bonchev–Trinajstić information content (AvgIpc) is 3.54. The van der Waals surface area contributed by atoms with E-state index in [0.29, 0.717) is 23.1 Å². The number of pyridine rings is 1. The Kier molecular flexibility index (Phi) is 4.91. The van der Waals surface area contributed by atoms with Crippen molar-refractivity contribution in [3.05, 3.63) is 71.2 Å². The number of nitrogens with one attached hydrogen (secondary N) is 3. The Balaban J connectivity index is 1.37. The van der Waals surface area contributed by atoms with Gasteiger partial charge in [-0.05, 0) is 49.7 Å². The fourth-order valence-corrected chi connectivity index (χ4v) is 3.56. The molecule has 5 rings (SSSR count). The van der Waals surface area contributed by atoms with Gasteiger partial charge < -0.3 is 19.8 Å². The van der Waals surface area contributed by atoms with E-state index >= 15 is 0 Å². The third-order valence-electron chi connectivity index (χ3n) is 5.14. The number of fused-ring (bicyclic) bond motifs is 1. The van der Waals surface area contributed by atoms with Gasteiger partial charge in [0.25, 0.3) is 11.8 Å². The molecule has 1 amide bonds. The molecule has 1 aromatic carbocycles. The molecule has 4 aromatic heterocycles. The van der Waals surface area contributed by atoms with Gasteiger partial charge in [0.15, 0.2) is 11.6 Å². The topological polar surface area (TPSA) is 149 Å². The molecule has 0 atom stereocenters. The minimum absolute atomic E-state index is 0.216. The second-order valence-corrected chi connectivity index (χ2v) is 7.53. The summed E-state index contributed by atoms with van der Waals surface area (Å²) in [6.07, 6.45) is 1.54. The van der Waals surface area contributed by atoms with Crippen molar-refractivity contribution in [1.29, 1.82) is 5.26 Å². The number of aromatic amines is 2.